The highest BCUT2D eigenvalue weighted by atomic mass is 35.5. The van der Waals surface area contributed by atoms with Gasteiger partial charge in [-0.1, -0.05) is 41.9 Å². The third-order valence-corrected chi connectivity index (χ3v) is 5.13. The van der Waals surface area contributed by atoms with Crippen molar-refractivity contribution in [2.24, 2.45) is 0 Å². The number of ether oxygens (including phenoxy) is 1. The number of benzene rings is 2. The van der Waals surface area contributed by atoms with Crippen LogP contribution >= 0.6 is 11.6 Å². The van der Waals surface area contributed by atoms with Gasteiger partial charge in [0.05, 0.1) is 28.6 Å². The molecule has 0 aliphatic carbocycles. The van der Waals surface area contributed by atoms with Crippen molar-refractivity contribution in [1.29, 1.82) is 0 Å². The summed E-state index contributed by atoms with van der Waals surface area (Å²) in [6.45, 7) is 1.09. The average Bonchev–Trinajstić information content (AvgIpc) is 2.66. The van der Waals surface area contributed by atoms with Crippen LogP contribution in [0.1, 0.15) is 11.1 Å². The molecule has 148 valence electrons. The van der Waals surface area contributed by atoms with Crippen LogP contribution in [0.3, 0.4) is 0 Å². The molecule has 2 aromatic carbocycles. The summed E-state index contributed by atoms with van der Waals surface area (Å²) in [4.78, 5) is 14.2. The summed E-state index contributed by atoms with van der Waals surface area (Å²) < 4.78 is 45.6. The smallest absolute Gasteiger partial charge is 0.352 e. The molecule has 2 heterocycles. The molecule has 1 amide bonds. The Balaban J connectivity index is 1.67. The Morgan fingerprint density at radius 3 is 2.64 bits per heavy atom. The predicted molar refractivity (Wildman–Crippen MR) is 99.2 cm³/mol. The number of nitrogens with zero attached hydrogens (tertiary/aromatic N) is 1. The maximum absolute atomic E-state index is 13.2. The van der Waals surface area contributed by atoms with Gasteiger partial charge in [-0.15, -0.1) is 0 Å². The van der Waals surface area contributed by atoms with Crippen molar-refractivity contribution in [2.45, 2.75) is 25.1 Å². The number of piperazine rings is 1. The Hall–Kier alpha value is -2.29. The van der Waals surface area contributed by atoms with Crippen LogP contribution < -0.4 is 15.5 Å². The van der Waals surface area contributed by atoms with Gasteiger partial charge in [-0.2, -0.15) is 13.2 Å². The molecular weight excluding hydrogens is 395 g/mol. The second-order valence-corrected chi connectivity index (χ2v) is 7.08. The maximum atomic E-state index is 13.2. The Kier molecular flexibility index (Phi) is 4.95. The number of halogens is 4. The number of anilines is 2. The molecule has 4 rings (SSSR count). The summed E-state index contributed by atoms with van der Waals surface area (Å²) in [5.41, 5.74) is 0.468. The zero-order chi connectivity index (χ0) is 19.9. The Morgan fingerprint density at radius 2 is 1.93 bits per heavy atom. The number of hydrogen-bond donors (Lipinski definition) is 2. The quantitative estimate of drug-likeness (QED) is 0.810. The Bertz CT molecular complexity index is 892. The third kappa shape index (κ3) is 3.55. The number of carbonyl (C=O) groups is 1. The minimum absolute atomic E-state index is 0.0770. The number of nitrogens with one attached hydrogen (secondary N) is 2. The van der Waals surface area contributed by atoms with E-state index in [-0.39, 0.29) is 11.6 Å². The molecule has 2 aliphatic heterocycles. The molecule has 1 fully saturated rings. The molecule has 0 bridgehead atoms. The molecule has 0 aromatic heterocycles. The SMILES string of the molecule is O=C1Nc2cc(C(F)(F)F)c(Cl)cc2N2C(OCc3ccccc3)CNCC12. The van der Waals surface area contributed by atoms with Crippen molar-refractivity contribution in [3.05, 3.63) is 58.6 Å². The number of alkyl halides is 3. The highest BCUT2D eigenvalue weighted by molar-refractivity contribution is 6.32. The molecule has 0 radical (unpaired) electrons. The highest BCUT2D eigenvalue weighted by Crippen LogP contribution is 2.43. The third-order valence-electron chi connectivity index (χ3n) is 4.82. The molecule has 2 N–H and O–H groups in total. The van der Waals surface area contributed by atoms with Crippen molar-refractivity contribution in [3.8, 4) is 0 Å². The van der Waals surface area contributed by atoms with Crippen LogP contribution in [-0.4, -0.2) is 31.3 Å². The first-order chi connectivity index (χ1) is 13.3. The van der Waals surface area contributed by atoms with Crippen LogP contribution in [0.25, 0.3) is 0 Å². The van der Waals surface area contributed by atoms with Crippen molar-refractivity contribution in [3.63, 3.8) is 0 Å². The molecule has 2 unspecified atom stereocenters. The fraction of sp³-hybridized carbons (Fsp3) is 0.316. The van der Waals surface area contributed by atoms with Gasteiger partial charge in [0.2, 0.25) is 5.91 Å². The largest absolute Gasteiger partial charge is 0.417 e. The second kappa shape index (κ2) is 7.27. The van der Waals surface area contributed by atoms with Gasteiger partial charge in [0.25, 0.3) is 0 Å². The predicted octanol–water partition coefficient (Wildman–Crippen LogP) is 3.63. The number of hydrogen-bond acceptors (Lipinski definition) is 4. The van der Waals surface area contributed by atoms with Crippen LogP contribution in [0.5, 0.6) is 0 Å². The first-order valence-corrected chi connectivity index (χ1v) is 9.08. The van der Waals surface area contributed by atoms with Gasteiger partial charge in [-0.25, -0.2) is 0 Å². The number of amides is 1. The molecule has 0 saturated carbocycles. The fourth-order valence-corrected chi connectivity index (χ4v) is 3.76. The summed E-state index contributed by atoms with van der Waals surface area (Å²) >= 11 is 5.92. The lowest BCUT2D eigenvalue weighted by atomic mass is 10.0. The Morgan fingerprint density at radius 1 is 1.18 bits per heavy atom. The van der Waals surface area contributed by atoms with Gasteiger partial charge >= 0.3 is 6.18 Å². The summed E-state index contributed by atoms with van der Waals surface area (Å²) in [5, 5.41) is 5.28. The van der Waals surface area contributed by atoms with Gasteiger partial charge in [-0.05, 0) is 17.7 Å². The van der Waals surface area contributed by atoms with E-state index in [2.05, 4.69) is 10.6 Å². The van der Waals surface area contributed by atoms with E-state index in [9.17, 15) is 18.0 Å². The first-order valence-electron chi connectivity index (χ1n) is 8.71. The Labute approximate surface area is 164 Å². The van der Waals surface area contributed by atoms with Gasteiger partial charge in [0.1, 0.15) is 12.3 Å². The molecule has 0 spiro atoms. The lowest BCUT2D eigenvalue weighted by Gasteiger charge is -2.46. The monoisotopic (exact) mass is 411 g/mol. The van der Waals surface area contributed by atoms with Gasteiger partial charge in [-0.3, -0.25) is 4.79 Å². The maximum Gasteiger partial charge on any atom is 0.417 e. The lowest BCUT2D eigenvalue weighted by Crippen LogP contribution is -2.64. The van der Waals surface area contributed by atoms with Crippen molar-refractivity contribution >= 4 is 28.9 Å². The van der Waals surface area contributed by atoms with Gasteiger partial charge in [0.15, 0.2) is 0 Å². The summed E-state index contributed by atoms with van der Waals surface area (Å²) in [7, 11) is 0. The highest BCUT2D eigenvalue weighted by Gasteiger charge is 2.42. The van der Waals surface area contributed by atoms with Gasteiger partial charge in [0, 0.05) is 13.1 Å². The average molecular weight is 412 g/mol. The summed E-state index contributed by atoms with van der Waals surface area (Å²) in [6, 6.07) is 11.0. The first kappa shape index (κ1) is 19.0. The molecule has 5 nitrogen and oxygen atoms in total. The van der Waals surface area contributed by atoms with Crippen molar-refractivity contribution in [1.82, 2.24) is 5.32 Å². The molecule has 2 aromatic rings. The summed E-state index contributed by atoms with van der Waals surface area (Å²) in [6.07, 6.45) is -5.14. The summed E-state index contributed by atoms with van der Waals surface area (Å²) in [5.74, 6) is -0.386. The fourth-order valence-electron chi connectivity index (χ4n) is 3.50. The molecule has 28 heavy (non-hydrogen) atoms. The van der Waals surface area contributed by atoms with E-state index in [0.717, 1.165) is 11.6 Å². The van der Waals surface area contributed by atoms with Crippen molar-refractivity contribution in [2.75, 3.05) is 23.3 Å². The van der Waals surface area contributed by atoms with E-state index in [4.69, 9.17) is 16.3 Å². The minimum atomic E-state index is -4.61. The second-order valence-electron chi connectivity index (χ2n) is 6.67. The van der Waals surface area contributed by atoms with E-state index in [1.54, 1.807) is 4.90 Å². The van der Waals surface area contributed by atoms with Crippen LogP contribution in [0, 0.1) is 0 Å². The zero-order valence-corrected chi connectivity index (χ0v) is 15.3. The number of carbonyl (C=O) groups excluding carboxylic acids is 1. The van der Waals surface area contributed by atoms with Crippen molar-refractivity contribution < 1.29 is 22.7 Å². The van der Waals surface area contributed by atoms with E-state index in [1.165, 1.54) is 6.07 Å². The molecule has 1 saturated heterocycles. The van der Waals surface area contributed by atoms with E-state index < -0.39 is 29.0 Å². The standard InChI is InChI=1S/C19H17ClF3N3O2/c20-13-7-15-14(6-12(13)19(21,22)23)25-18(27)16-8-24-9-17(26(15)16)28-10-11-4-2-1-3-5-11/h1-7,16-17,24H,8-10H2,(H,25,27). The van der Waals surface area contributed by atoms with Crippen LogP contribution in [0.4, 0.5) is 24.5 Å². The van der Waals surface area contributed by atoms with E-state index in [0.29, 0.717) is 25.4 Å². The molecule has 2 atom stereocenters. The van der Waals surface area contributed by atoms with Crippen LogP contribution in [0.15, 0.2) is 42.5 Å². The molecule has 2 aliphatic rings. The minimum Gasteiger partial charge on any atom is -0.352 e. The zero-order valence-electron chi connectivity index (χ0n) is 14.6. The molecule has 9 heteroatoms. The van der Waals surface area contributed by atoms with Crippen LogP contribution in [-0.2, 0) is 22.3 Å². The number of fused-ring (bicyclic) bond motifs is 3. The topological polar surface area (TPSA) is 53.6 Å². The number of rotatable bonds is 3. The van der Waals surface area contributed by atoms with E-state index in [1.807, 2.05) is 30.3 Å². The lowest BCUT2D eigenvalue weighted by molar-refractivity contribution is -0.137. The van der Waals surface area contributed by atoms with Crippen LogP contribution in [0.2, 0.25) is 5.02 Å². The molecular formula is C19H17ClF3N3O2. The van der Waals surface area contributed by atoms with Gasteiger partial charge < -0.3 is 20.3 Å². The normalized spacial score (nSPS) is 21.7. The van der Waals surface area contributed by atoms with E-state index >= 15 is 0 Å².